The van der Waals surface area contributed by atoms with Gasteiger partial charge in [-0.3, -0.25) is 9.69 Å². The van der Waals surface area contributed by atoms with E-state index in [-0.39, 0.29) is 11.9 Å². The summed E-state index contributed by atoms with van der Waals surface area (Å²) >= 11 is 0. The number of nitrogens with two attached hydrogens (primary N) is 1. The first-order valence-electron chi connectivity index (χ1n) is 8.35. The van der Waals surface area contributed by atoms with Crippen LogP contribution in [0.2, 0.25) is 0 Å². The Labute approximate surface area is 146 Å². The molecule has 0 spiro atoms. The van der Waals surface area contributed by atoms with Crippen LogP contribution in [0.25, 0.3) is 0 Å². The van der Waals surface area contributed by atoms with Crippen molar-refractivity contribution in [2.45, 2.75) is 24.9 Å². The number of anilines is 1. The zero-order valence-corrected chi connectivity index (χ0v) is 14.2. The molecule has 0 radical (unpaired) electrons. The normalized spacial score (nSPS) is 19.0. The van der Waals surface area contributed by atoms with E-state index in [0.29, 0.717) is 5.56 Å². The molecule has 0 aliphatic carbocycles. The van der Waals surface area contributed by atoms with E-state index in [1.165, 1.54) is 12.1 Å². The molecule has 132 valence electrons. The van der Waals surface area contributed by atoms with E-state index in [9.17, 15) is 9.18 Å². The molecule has 3 rings (SSSR count). The van der Waals surface area contributed by atoms with Crippen molar-refractivity contribution >= 4 is 11.7 Å². The standard InChI is InChI=1S/C18H22FN5O/c1-23(17(18(20)25)13-6-8-14(19)9-7-13)15-4-3-11-24(12-15)16-5-2-10-21-22-16/h2,5-10,15,17H,3-4,11-12H2,1H3,(H2,20,25)/t15-,17+/m1/s1. The average molecular weight is 343 g/mol. The molecule has 1 aliphatic rings. The Bertz CT molecular complexity index is 709. The van der Waals surface area contributed by atoms with E-state index in [4.69, 9.17) is 5.73 Å². The molecule has 25 heavy (non-hydrogen) atoms. The predicted molar refractivity (Wildman–Crippen MR) is 93.4 cm³/mol. The number of amides is 1. The molecule has 0 unspecified atom stereocenters. The van der Waals surface area contributed by atoms with Gasteiger partial charge in [-0.25, -0.2) is 4.39 Å². The molecule has 2 N–H and O–H groups in total. The van der Waals surface area contributed by atoms with Gasteiger partial charge in [0.05, 0.1) is 0 Å². The van der Waals surface area contributed by atoms with Crippen molar-refractivity contribution in [3.63, 3.8) is 0 Å². The smallest absolute Gasteiger partial charge is 0.239 e. The second-order valence-corrected chi connectivity index (χ2v) is 6.35. The quantitative estimate of drug-likeness (QED) is 0.895. The zero-order valence-electron chi connectivity index (χ0n) is 14.2. The zero-order chi connectivity index (χ0) is 17.8. The van der Waals surface area contributed by atoms with Crippen molar-refractivity contribution in [1.29, 1.82) is 0 Å². The van der Waals surface area contributed by atoms with Gasteiger partial charge in [-0.2, -0.15) is 5.10 Å². The van der Waals surface area contributed by atoms with Gasteiger partial charge in [0, 0.05) is 25.3 Å². The highest BCUT2D eigenvalue weighted by Crippen LogP contribution is 2.27. The van der Waals surface area contributed by atoms with Crippen molar-refractivity contribution in [2.75, 3.05) is 25.0 Å². The molecule has 1 fully saturated rings. The third-order valence-electron chi connectivity index (χ3n) is 4.72. The summed E-state index contributed by atoms with van der Waals surface area (Å²) in [7, 11) is 1.89. The molecule has 1 aromatic carbocycles. The SMILES string of the molecule is CN([C@@H]1CCCN(c2cccnn2)C1)[C@H](C(N)=O)c1ccc(F)cc1. The number of piperidine rings is 1. The lowest BCUT2D eigenvalue weighted by Gasteiger charge is -2.40. The van der Waals surface area contributed by atoms with E-state index in [1.54, 1.807) is 18.3 Å². The van der Waals surface area contributed by atoms with Crippen LogP contribution in [0.5, 0.6) is 0 Å². The Balaban J connectivity index is 1.78. The molecule has 1 saturated heterocycles. The maximum atomic E-state index is 13.2. The maximum Gasteiger partial charge on any atom is 0.239 e. The first-order chi connectivity index (χ1) is 12.1. The molecule has 1 amide bonds. The van der Waals surface area contributed by atoms with Gasteiger partial charge < -0.3 is 10.6 Å². The Kier molecular flexibility index (Phi) is 5.23. The van der Waals surface area contributed by atoms with Crippen LogP contribution in [0, 0.1) is 5.82 Å². The first-order valence-corrected chi connectivity index (χ1v) is 8.35. The lowest BCUT2D eigenvalue weighted by Crippen LogP contribution is -2.50. The number of carbonyl (C=O) groups is 1. The number of hydrogen-bond donors (Lipinski definition) is 1. The monoisotopic (exact) mass is 343 g/mol. The fourth-order valence-electron chi connectivity index (χ4n) is 3.41. The van der Waals surface area contributed by atoms with Gasteiger partial charge in [0.15, 0.2) is 5.82 Å². The van der Waals surface area contributed by atoms with Crippen LogP contribution in [0.15, 0.2) is 42.6 Å². The van der Waals surface area contributed by atoms with Crippen molar-refractivity contribution in [3.8, 4) is 0 Å². The van der Waals surface area contributed by atoms with E-state index >= 15 is 0 Å². The van der Waals surface area contributed by atoms with E-state index in [1.807, 2.05) is 24.1 Å². The lowest BCUT2D eigenvalue weighted by atomic mass is 9.98. The summed E-state index contributed by atoms with van der Waals surface area (Å²) in [5.41, 5.74) is 6.35. The Morgan fingerprint density at radius 2 is 2.12 bits per heavy atom. The predicted octanol–water partition coefficient (Wildman–Crippen LogP) is 1.74. The van der Waals surface area contributed by atoms with Crippen molar-refractivity contribution < 1.29 is 9.18 Å². The van der Waals surface area contributed by atoms with Crippen LogP contribution in [-0.2, 0) is 4.79 Å². The summed E-state index contributed by atoms with van der Waals surface area (Å²) < 4.78 is 13.2. The Hall–Kier alpha value is -2.54. The molecule has 0 bridgehead atoms. The maximum absolute atomic E-state index is 13.2. The highest BCUT2D eigenvalue weighted by atomic mass is 19.1. The largest absolute Gasteiger partial charge is 0.368 e. The number of aromatic nitrogens is 2. The van der Waals surface area contributed by atoms with E-state index in [0.717, 1.165) is 31.7 Å². The fourth-order valence-corrected chi connectivity index (χ4v) is 3.41. The summed E-state index contributed by atoms with van der Waals surface area (Å²) in [5.74, 6) is 0.0601. The lowest BCUT2D eigenvalue weighted by molar-refractivity contribution is -0.123. The number of carbonyl (C=O) groups excluding carboxylic acids is 1. The number of primary amides is 1. The minimum Gasteiger partial charge on any atom is -0.368 e. The summed E-state index contributed by atoms with van der Waals surface area (Å²) in [6.07, 6.45) is 3.59. The van der Waals surface area contributed by atoms with Crippen LogP contribution in [0.4, 0.5) is 10.2 Å². The Morgan fingerprint density at radius 3 is 2.76 bits per heavy atom. The summed E-state index contributed by atoms with van der Waals surface area (Å²) in [6, 6.07) is 9.28. The topological polar surface area (TPSA) is 75.3 Å². The molecular formula is C18H22FN5O. The first kappa shape index (κ1) is 17.3. The third kappa shape index (κ3) is 3.93. The molecule has 1 aromatic heterocycles. The molecule has 2 atom stereocenters. The number of likely N-dealkylation sites (N-methyl/N-ethyl adjacent to an activating group) is 1. The molecule has 2 aromatic rings. The van der Waals surface area contributed by atoms with Crippen molar-refractivity contribution in [3.05, 3.63) is 54.0 Å². The van der Waals surface area contributed by atoms with Gasteiger partial charge in [-0.15, -0.1) is 5.10 Å². The molecule has 0 saturated carbocycles. The number of nitrogens with zero attached hydrogens (tertiary/aromatic N) is 4. The second-order valence-electron chi connectivity index (χ2n) is 6.35. The summed E-state index contributed by atoms with van der Waals surface area (Å²) in [5, 5.41) is 8.10. The summed E-state index contributed by atoms with van der Waals surface area (Å²) in [4.78, 5) is 16.2. The van der Waals surface area contributed by atoms with Crippen molar-refractivity contribution in [2.24, 2.45) is 5.73 Å². The fraction of sp³-hybridized carbons (Fsp3) is 0.389. The minimum atomic E-state index is -0.590. The number of halogens is 1. The van der Waals surface area contributed by atoms with Gasteiger partial charge in [0.25, 0.3) is 0 Å². The molecular weight excluding hydrogens is 321 g/mol. The van der Waals surface area contributed by atoms with Crippen LogP contribution in [0.1, 0.15) is 24.4 Å². The van der Waals surface area contributed by atoms with Crippen LogP contribution in [0.3, 0.4) is 0 Å². The van der Waals surface area contributed by atoms with Gasteiger partial charge in [-0.05, 0) is 49.7 Å². The van der Waals surface area contributed by atoms with Gasteiger partial charge in [0.1, 0.15) is 11.9 Å². The number of rotatable bonds is 5. The molecule has 6 nitrogen and oxygen atoms in total. The van der Waals surface area contributed by atoms with Gasteiger partial charge in [-0.1, -0.05) is 12.1 Å². The Morgan fingerprint density at radius 1 is 1.36 bits per heavy atom. The van der Waals surface area contributed by atoms with E-state index < -0.39 is 11.9 Å². The molecule has 1 aliphatic heterocycles. The van der Waals surface area contributed by atoms with Crippen LogP contribution >= 0.6 is 0 Å². The number of benzene rings is 1. The molecule has 7 heteroatoms. The minimum absolute atomic E-state index is 0.137. The number of hydrogen-bond acceptors (Lipinski definition) is 5. The van der Waals surface area contributed by atoms with E-state index in [2.05, 4.69) is 15.1 Å². The highest BCUT2D eigenvalue weighted by Gasteiger charge is 2.31. The van der Waals surface area contributed by atoms with Gasteiger partial charge in [0.2, 0.25) is 5.91 Å². The van der Waals surface area contributed by atoms with Crippen LogP contribution < -0.4 is 10.6 Å². The van der Waals surface area contributed by atoms with Crippen molar-refractivity contribution in [1.82, 2.24) is 15.1 Å². The van der Waals surface area contributed by atoms with Crippen LogP contribution in [-0.4, -0.2) is 47.2 Å². The third-order valence-corrected chi connectivity index (χ3v) is 4.72. The average Bonchev–Trinajstić information content (AvgIpc) is 2.64. The second kappa shape index (κ2) is 7.57. The summed E-state index contributed by atoms with van der Waals surface area (Å²) in [6.45, 7) is 1.64. The van der Waals surface area contributed by atoms with Gasteiger partial charge >= 0.3 is 0 Å². The highest BCUT2D eigenvalue weighted by molar-refractivity contribution is 5.81. The molecule has 2 heterocycles.